The number of esters is 12. The van der Waals surface area contributed by atoms with Crippen LogP contribution in [-0.4, -0.2) is 187 Å². The zero-order valence-electron chi connectivity index (χ0n) is 55.4. The smallest absolute Gasteiger partial charge is 0.318 e. The van der Waals surface area contributed by atoms with Gasteiger partial charge in [0, 0.05) is 6.61 Å². The van der Waals surface area contributed by atoms with E-state index in [4.69, 9.17) is 61.9 Å². The van der Waals surface area contributed by atoms with Crippen LogP contribution >= 0.6 is 0 Å². The first-order valence-corrected chi connectivity index (χ1v) is 33.3. The summed E-state index contributed by atoms with van der Waals surface area (Å²) in [6.45, 7) is 22.1. The van der Waals surface area contributed by atoms with Crippen LogP contribution in [0.25, 0.3) is 0 Å². The van der Waals surface area contributed by atoms with Gasteiger partial charge in [-0.15, -0.1) is 32.9 Å². The van der Waals surface area contributed by atoms with Gasteiger partial charge in [-0.3, -0.25) is 57.5 Å². The van der Waals surface area contributed by atoms with E-state index >= 15 is 0 Å². The molecule has 27 heteroatoms. The molecule has 6 saturated heterocycles. The van der Waals surface area contributed by atoms with Crippen molar-refractivity contribution in [3.8, 4) is 0 Å². The Balaban J connectivity index is 0.000000511. The molecule has 97 heavy (non-hydrogen) atoms. The third kappa shape index (κ3) is 40.8. The summed E-state index contributed by atoms with van der Waals surface area (Å²) in [6, 6.07) is 0. The number of ether oxygens (including phenoxy) is 14. The highest BCUT2D eigenvalue weighted by molar-refractivity contribution is 6.02. The lowest BCUT2D eigenvalue weighted by Crippen LogP contribution is -2.36. The summed E-state index contributed by atoms with van der Waals surface area (Å²) in [4.78, 5) is 146. The third-order valence-corrected chi connectivity index (χ3v) is 15.1. The molecule has 0 spiro atoms. The number of hydrogen-bond acceptors (Lipinski definition) is 27. The van der Waals surface area contributed by atoms with E-state index in [1.54, 1.807) is 30.4 Å². The highest BCUT2D eigenvalue weighted by Crippen LogP contribution is 2.32. The summed E-state index contributed by atoms with van der Waals surface area (Å²) in [5.41, 5.74) is 0. The number of cyclic esters (lactones) is 4. The van der Waals surface area contributed by atoms with Gasteiger partial charge in [-0.2, -0.15) is 0 Å². The number of epoxide rings is 4. The van der Waals surface area contributed by atoms with Crippen molar-refractivity contribution in [2.24, 2.45) is 35.5 Å². The summed E-state index contributed by atoms with van der Waals surface area (Å²) in [5, 5.41) is 8.15. The molecule has 10 unspecified atom stereocenters. The van der Waals surface area contributed by atoms with Gasteiger partial charge < -0.3 is 71.4 Å². The Kier molecular flexibility index (Phi) is 45.7. The maximum atomic E-state index is 13.2. The van der Waals surface area contributed by atoms with Crippen LogP contribution in [0.2, 0.25) is 0 Å². The molecule has 0 bridgehead atoms. The quantitative estimate of drug-likeness (QED) is 0.0152. The number of carbonyl (C=O) groups excluding carboxylic acids is 12. The summed E-state index contributed by atoms with van der Waals surface area (Å²) in [7, 11) is 0. The van der Waals surface area contributed by atoms with Gasteiger partial charge in [0.1, 0.15) is 0 Å². The lowest BCUT2D eigenvalue weighted by atomic mass is 9.86. The number of aliphatic hydroxyl groups is 1. The summed E-state index contributed by atoms with van der Waals surface area (Å²) in [5.74, 6) is -15.2. The fourth-order valence-electron chi connectivity index (χ4n) is 9.30. The Morgan fingerprint density at radius 1 is 0.371 bits per heavy atom. The monoisotopic (exact) mass is 1380 g/mol. The summed E-state index contributed by atoms with van der Waals surface area (Å²) >= 11 is 0. The normalized spacial score (nSPS) is 20.0. The molecule has 6 rings (SSSR count). The first kappa shape index (κ1) is 85.6. The largest absolute Gasteiger partial charge is 0.466 e. The van der Waals surface area contributed by atoms with E-state index in [-0.39, 0.29) is 104 Å². The standard InChI is InChI=1S/C28H42O12.C28H42O8.C8H6O6.C5H10O.CH4/c29-25(33-9-1-5-19-15-37-19)13-23(27(31)35-11-3-7-21-17-39-21)24(28(32)36-12-4-8-22-18-40-22)14-26(30)34-10-2-6-20-16-38-20;1-5-9-13-17-33-25(29)21-23(27(31)35-19-15-11-7-3)24(28(32)36-20-16-12-8-4)22-26(30)34-18-14-10-6-2;9-5-1-3(7(11)13-5)4-2-6(10)14-8(4)12;1-2-3-4-5-6;/h19-24H,1-18H2;5-8,23-24H,1-4,9-22H2;3-4H,1-2H2;2,6H,1,3-5H2;1H4. The first-order chi connectivity index (χ1) is 46.4. The van der Waals surface area contributed by atoms with Crippen LogP contribution in [0.15, 0.2) is 63.3 Å². The van der Waals surface area contributed by atoms with Gasteiger partial charge in [0.15, 0.2) is 0 Å². The maximum absolute atomic E-state index is 13.2. The second kappa shape index (κ2) is 51.7. The maximum Gasteiger partial charge on any atom is 0.318 e. The number of allylic oxidation sites excluding steroid dienone is 5. The fraction of sp³-hybridized carbons (Fsp3) is 0.686. The van der Waals surface area contributed by atoms with Crippen molar-refractivity contribution >= 4 is 71.6 Å². The van der Waals surface area contributed by atoms with Crippen LogP contribution in [0.3, 0.4) is 0 Å². The van der Waals surface area contributed by atoms with Gasteiger partial charge in [-0.25, -0.2) is 0 Å². The lowest BCUT2D eigenvalue weighted by molar-refractivity contribution is -0.167. The van der Waals surface area contributed by atoms with Crippen LogP contribution in [0.5, 0.6) is 0 Å². The zero-order chi connectivity index (χ0) is 70.3. The SMILES string of the molecule is C.C=CCCCO.C=CCCCOC(=O)CC(C(=O)OCCCC=C)C(CC(=O)OCCCC=C)C(=O)OCCCC=C.O=C(CC(C(=O)OCCCC1CO1)C(CC(=O)OCCCC1CO1)C(=O)OCCCC1CO1)OCCCC1CO1.O=C1CC(C2CC(=O)OC2=O)C(=O)O1. The van der Waals surface area contributed by atoms with E-state index in [1.165, 1.54) is 0 Å². The van der Waals surface area contributed by atoms with E-state index in [0.717, 1.165) is 51.7 Å². The Labute approximate surface area is 569 Å². The average Bonchev–Trinajstić information content (AvgIpc) is 1.73. The lowest BCUT2D eigenvalue weighted by Gasteiger charge is -2.23. The minimum atomic E-state index is -1.26. The first-order valence-electron chi connectivity index (χ1n) is 33.3. The van der Waals surface area contributed by atoms with Crippen molar-refractivity contribution in [3.05, 3.63) is 63.3 Å². The van der Waals surface area contributed by atoms with Gasteiger partial charge in [0.25, 0.3) is 0 Å². The number of rotatable bonds is 50. The van der Waals surface area contributed by atoms with E-state index in [1.807, 2.05) is 0 Å². The second-order valence-corrected chi connectivity index (χ2v) is 23.3. The van der Waals surface area contributed by atoms with Crippen molar-refractivity contribution in [1.82, 2.24) is 0 Å². The van der Waals surface area contributed by atoms with Crippen molar-refractivity contribution in [3.63, 3.8) is 0 Å². The van der Waals surface area contributed by atoms with Crippen molar-refractivity contribution in [1.29, 1.82) is 0 Å². The molecule has 0 saturated carbocycles. The van der Waals surface area contributed by atoms with Crippen molar-refractivity contribution in [2.75, 3.05) is 85.9 Å². The van der Waals surface area contributed by atoms with Crippen LogP contribution in [0.4, 0.5) is 0 Å². The van der Waals surface area contributed by atoms with Gasteiger partial charge in [0.2, 0.25) is 0 Å². The van der Waals surface area contributed by atoms with Gasteiger partial charge in [-0.1, -0.05) is 37.8 Å². The van der Waals surface area contributed by atoms with Gasteiger partial charge in [-0.05, 0) is 116 Å². The van der Waals surface area contributed by atoms with Crippen LogP contribution in [0.1, 0.15) is 162 Å². The van der Waals surface area contributed by atoms with Crippen molar-refractivity contribution in [2.45, 2.75) is 186 Å². The van der Waals surface area contributed by atoms with E-state index in [0.29, 0.717) is 90.3 Å². The topological polar surface area (TPSA) is 367 Å². The zero-order valence-corrected chi connectivity index (χ0v) is 55.4. The highest BCUT2D eigenvalue weighted by Gasteiger charge is 2.48. The summed E-state index contributed by atoms with van der Waals surface area (Å²) < 4.78 is 71.9. The van der Waals surface area contributed by atoms with Crippen LogP contribution in [-0.2, 0) is 124 Å². The van der Waals surface area contributed by atoms with Crippen LogP contribution < -0.4 is 0 Å². The van der Waals surface area contributed by atoms with Gasteiger partial charge in [0.05, 0.1) is 178 Å². The molecule has 0 aromatic heterocycles. The number of carbonyl (C=O) groups is 12. The Bertz CT molecular complexity index is 2330. The Morgan fingerprint density at radius 3 is 0.784 bits per heavy atom. The Morgan fingerprint density at radius 2 is 0.588 bits per heavy atom. The molecule has 10 atom stereocenters. The molecule has 546 valence electrons. The second-order valence-electron chi connectivity index (χ2n) is 23.3. The molecule has 6 fully saturated rings. The molecule has 0 aliphatic carbocycles. The Hall–Kier alpha value is -7.46. The minimum Gasteiger partial charge on any atom is -0.466 e. The molecule has 0 aromatic carbocycles. The molecular formula is C70H104O27. The predicted molar refractivity (Wildman–Crippen MR) is 345 cm³/mol. The molecule has 0 amide bonds. The molecule has 6 aliphatic heterocycles. The molecule has 6 heterocycles. The highest BCUT2D eigenvalue weighted by atomic mass is 16.6. The number of unbranched alkanes of at least 4 members (excludes halogenated alkanes) is 5. The third-order valence-electron chi connectivity index (χ3n) is 15.1. The average molecular weight is 1380 g/mol. The van der Waals surface area contributed by atoms with E-state index in [2.05, 4.69) is 42.4 Å². The van der Waals surface area contributed by atoms with E-state index < -0.39 is 133 Å². The molecule has 0 aromatic rings. The number of hydrogen-bond donors (Lipinski definition) is 1. The fourth-order valence-corrected chi connectivity index (χ4v) is 9.30. The molecule has 1 N–H and O–H groups in total. The van der Waals surface area contributed by atoms with Crippen LogP contribution in [0, 0.1) is 35.5 Å². The van der Waals surface area contributed by atoms with E-state index in [9.17, 15) is 57.5 Å². The van der Waals surface area contributed by atoms with Crippen molar-refractivity contribution < 1.29 is 129 Å². The molecule has 27 nitrogen and oxygen atoms in total. The summed E-state index contributed by atoms with van der Waals surface area (Å²) in [6.07, 6.45) is 19.5. The molecular weight excluding hydrogens is 1270 g/mol. The molecule has 6 aliphatic rings. The van der Waals surface area contributed by atoms with Gasteiger partial charge >= 0.3 is 71.6 Å². The molecule has 0 radical (unpaired) electrons. The predicted octanol–water partition coefficient (Wildman–Crippen LogP) is 7.67. The minimum absolute atomic E-state index is 0. The number of aliphatic hydroxyl groups excluding tert-OH is 1.